The second-order valence-corrected chi connectivity index (χ2v) is 5.11. The summed E-state index contributed by atoms with van der Waals surface area (Å²) >= 11 is 0. The second-order valence-electron chi connectivity index (χ2n) is 5.11. The fourth-order valence-electron chi connectivity index (χ4n) is 2.10. The van der Waals surface area contributed by atoms with E-state index in [-0.39, 0.29) is 18.1 Å². The van der Waals surface area contributed by atoms with Gasteiger partial charge in [-0.25, -0.2) is 0 Å². The van der Waals surface area contributed by atoms with Crippen molar-refractivity contribution in [3.63, 3.8) is 0 Å². The van der Waals surface area contributed by atoms with Gasteiger partial charge in [0.15, 0.2) is 0 Å². The SMILES string of the molecule is CC(=O)CC(=O)NCCCN1CCC(C)CC1. The number of hydrogen-bond acceptors (Lipinski definition) is 3. The van der Waals surface area contributed by atoms with Gasteiger partial charge in [-0.2, -0.15) is 0 Å². The van der Waals surface area contributed by atoms with Crippen LogP contribution in [0.1, 0.15) is 39.5 Å². The summed E-state index contributed by atoms with van der Waals surface area (Å²) in [6, 6.07) is 0. The van der Waals surface area contributed by atoms with Crippen LogP contribution < -0.4 is 5.32 Å². The molecule has 1 aliphatic rings. The lowest BCUT2D eigenvalue weighted by atomic mass is 9.99. The molecule has 0 unspecified atom stereocenters. The van der Waals surface area contributed by atoms with Crippen LogP contribution in [0.15, 0.2) is 0 Å². The molecule has 4 heteroatoms. The van der Waals surface area contributed by atoms with Crippen molar-refractivity contribution in [2.24, 2.45) is 5.92 Å². The Morgan fingerprint density at radius 2 is 1.94 bits per heavy atom. The Morgan fingerprint density at radius 1 is 1.29 bits per heavy atom. The number of piperidine rings is 1. The van der Waals surface area contributed by atoms with Crippen LogP contribution >= 0.6 is 0 Å². The van der Waals surface area contributed by atoms with Crippen molar-refractivity contribution in [1.82, 2.24) is 10.2 Å². The average Bonchev–Trinajstić information content (AvgIpc) is 2.26. The van der Waals surface area contributed by atoms with Gasteiger partial charge in [-0.1, -0.05) is 6.92 Å². The molecule has 0 aromatic carbocycles. The Hall–Kier alpha value is -0.900. The standard InChI is InChI=1S/C13H24N2O2/c1-11-4-8-15(9-5-11)7-3-6-14-13(17)10-12(2)16/h11H,3-10H2,1-2H3,(H,14,17). The lowest BCUT2D eigenvalue weighted by Gasteiger charge is -2.30. The fraction of sp³-hybridized carbons (Fsp3) is 0.846. The maximum absolute atomic E-state index is 11.2. The van der Waals surface area contributed by atoms with Gasteiger partial charge in [0.2, 0.25) is 5.91 Å². The molecule has 17 heavy (non-hydrogen) atoms. The van der Waals surface area contributed by atoms with E-state index >= 15 is 0 Å². The Morgan fingerprint density at radius 3 is 2.53 bits per heavy atom. The largest absolute Gasteiger partial charge is 0.356 e. The van der Waals surface area contributed by atoms with Crippen LogP contribution in [0.3, 0.4) is 0 Å². The molecule has 0 saturated carbocycles. The zero-order valence-electron chi connectivity index (χ0n) is 11.0. The molecule has 0 spiro atoms. The topological polar surface area (TPSA) is 49.4 Å². The third kappa shape index (κ3) is 6.41. The minimum atomic E-state index is -0.148. The van der Waals surface area contributed by atoms with E-state index in [1.54, 1.807) is 0 Å². The molecular weight excluding hydrogens is 216 g/mol. The summed E-state index contributed by atoms with van der Waals surface area (Å²) in [6.45, 7) is 7.84. The van der Waals surface area contributed by atoms with Gasteiger partial charge >= 0.3 is 0 Å². The van der Waals surface area contributed by atoms with Gasteiger partial charge < -0.3 is 10.2 Å². The maximum Gasteiger partial charge on any atom is 0.227 e. The molecule has 1 fully saturated rings. The summed E-state index contributed by atoms with van der Waals surface area (Å²) < 4.78 is 0. The monoisotopic (exact) mass is 240 g/mol. The number of Topliss-reactive ketones (excluding diaryl/α,β-unsaturated/α-hetero) is 1. The molecule has 98 valence electrons. The lowest BCUT2D eigenvalue weighted by molar-refractivity contribution is -0.127. The summed E-state index contributed by atoms with van der Waals surface area (Å²) in [5.41, 5.74) is 0. The Bertz CT molecular complexity index is 258. The fourth-order valence-corrected chi connectivity index (χ4v) is 2.10. The maximum atomic E-state index is 11.2. The molecule has 0 atom stereocenters. The predicted molar refractivity (Wildman–Crippen MR) is 67.8 cm³/mol. The Kier molecular flexibility index (Phi) is 6.19. The van der Waals surface area contributed by atoms with Gasteiger partial charge in [-0.3, -0.25) is 9.59 Å². The van der Waals surface area contributed by atoms with Gasteiger partial charge in [0.25, 0.3) is 0 Å². The zero-order valence-corrected chi connectivity index (χ0v) is 11.0. The van der Waals surface area contributed by atoms with Crippen LogP contribution in [-0.2, 0) is 9.59 Å². The van der Waals surface area contributed by atoms with Crippen LogP contribution in [0.25, 0.3) is 0 Å². The van der Waals surface area contributed by atoms with E-state index < -0.39 is 0 Å². The van der Waals surface area contributed by atoms with E-state index in [0.717, 1.165) is 18.9 Å². The highest BCUT2D eigenvalue weighted by Crippen LogP contribution is 2.15. The minimum Gasteiger partial charge on any atom is -0.356 e. The molecule has 0 radical (unpaired) electrons. The number of nitrogens with one attached hydrogen (secondary N) is 1. The molecule has 4 nitrogen and oxygen atoms in total. The van der Waals surface area contributed by atoms with Crippen LogP contribution in [0.5, 0.6) is 0 Å². The number of likely N-dealkylation sites (tertiary alicyclic amines) is 1. The Labute approximate surface area is 104 Å². The number of amides is 1. The zero-order chi connectivity index (χ0) is 12.7. The van der Waals surface area contributed by atoms with Crippen molar-refractivity contribution in [3.05, 3.63) is 0 Å². The third-order valence-corrected chi connectivity index (χ3v) is 3.26. The third-order valence-electron chi connectivity index (χ3n) is 3.26. The first-order valence-electron chi connectivity index (χ1n) is 6.56. The van der Waals surface area contributed by atoms with Crippen molar-refractivity contribution in [2.45, 2.75) is 39.5 Å². The molecular formula is C13H24N2O2. The number of carbonyl (C=O) groups is 2. The summed E-state index contributed by atoms with van der Waals surface area (Å²) in [6.07, 6.45) is 3.56. The lowest BCUT2D eigenvalue weighted by Crippen LogP contribution is -2.35. The van der Waals surface area contributed by atoms with E-state index in [9.17, 15) is 9.59 Å². The number of hydrogen-bond donors (Lipinski definition) is 1. The van der Waals surface area contributed by atoms with Crippen LogP contribution in [0.2, 0.25) is 0 Å². The van der Waals surface area contributed by atoms with E-state index in [0.29, 0.717) is 6.54 Å². The molecule has 1 N–H and O–H groups in total. The van der Waals surface area contributed by atoms with Crippen molar-refractivity contribution in [1.29, 1.82) is 0 Å². The first kappa shape index (κ1) is 14.2. The van der Waals surface area contributed by atoms with Crippen LogP contribution in [0, 0.1) is 5.92 Å². The summed E-state index contributed by atoms with van der Waals surface area (Å²) in [4.78, 5) is 24.4. The number of nitrogens with zero attached hydrogens (tertiary/aromatic N) is 1. The smallest absolute Gasteiger partial charge is 0.227 e. The molecule has 0 aromatic rings. The van der Waals surface area contributed by atoms with E-state index in [2.05, 4.69) is 17.1 Å². The highest BCUT2D eigenvalue weighted by molar-refractivity contribution is 5.96. The molecule has 0 aliphatic carbocycles. The molecule has 0 bridgehead atoms. The number of carbonyl (C=O) groups excluding carboxylic acids is 2. The summed E-state index contributed by atoms with van der Waals surface area (Å²) in [5.74, 6) is 0.638. The quantitative estimate of drug-likeness (QED) is 0.560. The highest BCUT2D eigenvalue weighted by atomic mass is 16.2. The van der Waals surface area contributed by atoms with E-state index in [1.807, 2.05) is 0 Å². The predicted octanol–water partition coefficient (Wildman–Crippen LogP) is 1.20. The minimum absolute atomic E-state index is 0.0151. The van der Waals surface area contributed by atoms with Crippen LogP contribution in [-0.4, -0.2) is 42.8 Å². The molecule has 1 amide bonds. The van der Waals surface area contributed by atoms with Gasteiger partial charge in [0, 0.05) is 6.54 Å². The first-order chi connectivity index (χ1) is 8.08. The van der Waals surface area contributed by atoms with Crippen molar-refractivity contribution < 1.29 is 9.59 Å². The highest BCUT2D eigenvalue weighted by Gasteiger charge is 2.14. The number of rotatable bonds is 6. The van der Waals surface area contributed by atoms with E-state index in [1.165, 1.54) is 32.9 Å². The average molecular weight is 240 g/mol. The van der Waals surface area contributed by atoms with Gasteiger partial charge in [-0.05, 0) is 51.7 Å². The van der Waals surface area contributed by atoms with Crippen molar-refractivity contribution >= 4 is 11.7 Å². The van der Waals surface area contributed by atoms with Crippen LogP contribution in [0.4, 0.5) is 0 Å². The Balaban J connectivity index is 2.00. The van der Waals surface area contributed by atoms with Gasteiger partial charge in [0.1, 0.15) is 5.78 Å². The second kappa shape index (κ2) is 7.43. The van der Waals surface area contributed by atoms with E-state index in [4.69, 9.17) is 0 Å². The first-order valence-corrected chi connectivity index (χ1v) is 6.56. The summed E-state index contributed by atoms with van der Waals surface area (Å²) in [5, 5.41) is 2.78. The molecule has 1 heterocycles. The number of ketones is 1. The molecule has 1 rings (SSSR count). The molecule has 1 saturated heterocycles. The van der Waals surface area contributed by atoms with Crippen molar-refractivity contribution in [2.75, 3.05) is 26.2 Å². The van der Waals surface area contributed by atoms with Gasteiger partial charge in [-0.15, -0.1) is 0 Å². The van der Waals surface area contributed by atoms with Gasteiger partial charge in [0.05, 0.1) is 6.42 Å². The summed E-state index contributed by atoms with van der Waals surface area (Å²) in [7, 11) is 0. The molecule has 1 aliphatic heterocycles. The van der Waals surface area contributed by atoms with Crippen molar-refractivity contribution in [3.8, 4) is 0 Å². The normalized spacial score (nSPS) is 18.0. The molecule has 0 aromatic heterocycles.